The van der Waals surface area contributed by atoms with Gasteiger partial charge in [0.05, 0.1) is 4.75 Å². The van der Waals surface area contributed by atoms with Crippen molar-refractivity contribution in [1.29, 1.82) is 0 Å². The molecule has 0 unspecified atom stereocenters. The van der Waals surface area contributed by atoms with Crippen molar-refractivity contribution in [3.05, 3.63) is 0 Å². The van der Waals surface area contributed by atoms with Gasteiger partial charge in [-0.15, -0.1) is 0 Å². The van der Waals surface area contributed by atoms with Gasteiger partial charge in [-0.1, -0.05) is 13.8 Å². The molecule has 5 heteroatoms. The monoisotopic (exact) mass is 221 g/mol. The summed E-state index contributed by atoms with van der Waals surface area (Å²) >= 11 is 0. The van der Waals surface area contributed by atoms with E-state index in [0.29, 0.717) is 38.4 Å². The fourth-order valence-corrected chi connectivity index (χ4v) is 3.39. The molecule has 1 rings (SSSR count). The first-order valence-electron chi connectivity index (χ1n) is 4.97. The highest BCUT2D eigenvalue weighted by Gasteiger charge is 2.43. The quantitative estimate of drug-likeness (QED) is 0.768. The van der Waals surface area contributed by atoms with Gasteiger partial charge in [0.1, 0.15) is 0 Å². The Morgan fingerprint density at radius 3 is 2.21 bits per heavy atom. The van der Waals surface area contributed by atoms with Crippen LogP contribution in [0.5, 0.6) is 0 Å². The van der Waals surface area contributed by atoms with Crippen LogP contribution in [0.15, 0.2) is 0 Å². The lowest BCUT2D eigenvalue weighted by Gasteiger charge is -2.36. The Morgan fingerprint density at radius 2 is 1.86 bits per heavy atom. The zero-order valence-corrected chi connectivity index (χ0v) is 9.64. The van der Waals surface area contributed by atoms with Gasteiger partial charge in [-0.05, 0) is 25.2 Å². The van der Waals surface area contributed by atoms with Gasteiger partial charge in [0.2, 0.25) is 10.0 Å². The molecule has 14 heavy (non-hydrogen) atoms. The second-order valence-corrected chi connectivity index (χ2v) is 6.39. The van der Waals surface area contributed by atoms with Crippen molar-refractivity contribution >= 4 is 10.0 Å². The molecule has 1 aliphatic rings. The first kappa shape index (κ1) is 11.9. The van der Waals surface area contributed by atoms with E-state index in [1.54, 1.807) is 0 Å². The fraction of sp³-hybridized carbons (Fsp3) is 1.00. The molecule has 0 aliphatic carbocycles. The predicted molar refractivity (Wildman–Crippen MR) is 55.3 cm³/mol. The SMILES string of the molecule is CC(C)CC1(S(N)(=O)=O)CCOCC1. The van der Waals surface area contributed by atoms with E-state index >= 15 is 0 Å². The first-order valence-corrected chi connectivity index (χ1v) is 6.52. The minimum atomic E-state index is -3.46. The molecule has 2 N–H and O–H groups in total. The maximum atomic E-state index is 11.6. The Hall–Kier alpha value is -0.130. The van der Waals surface area contributed by atoms with Crippen LogP contribution >= 0.6 is 0 Å². The summed E-state index contributed by atoms with van der Waals surface area (Å²) in [6.45, 7) is 5.04. The summed E-state index contributed by atoms with van der Waals surface area (Å²) in [6, 6.07) is 0. The highest BCUT2D eigenvalue weighted by atomic mass is 32.2. The van der Waals surface area contributed by atoms with Gasteiger partial charge in [0.15, 0.2) is 0 Å². The van der Waals surface area contributed by atoms with Crippen LogP contribution in [0.25, 0.3) is 0 Å². The number of sulfonamides is 1. The van der Waals surface area contributed by atoms with E-state index in [-0.39, 0.29) is 0 Å². The van der Waals surface area contributed by atoms with Crippen molar-refractivity contribution in [3.63, 3.8) is 0 Å². The summed E-state index contributed by atoms with van der Waals surface area (Å²) in [5.41, 5.74) is 0. The standard InChI is InChI=1S/C9H19NO3S/c1-8(2)7-9(14(10,11)12)3-5-13-6-4-9/h8H,3-7H2,1-2H3,(H2,10,11,12). The Kier molecular flexibility index (Phi) is 3.55. The third-order valence-corrected chi connectivity index (χ3v) is 4.57. The molecule has 0 aromatic carbocycles. The molecule has 0 bridgehead atoms. The lowest BCUT2D eigenvalue weighted by atomic mass is 9.89. The molecular weight excluding hydrogens is 202 g/mol. The summed E-state index contributed by atoms with van der Waals surface area (Å²) in [7, 11) is -3.46. The second-order valence-electron chi connectivity index (χ2n) is 4.44. The Labute approximate surface area is 85.9 Å². The lowest BCUT2D eigenvalue weighted by Crippen LogP contribution is -2.48. The Morgan fingerprint density at radius 1 is 1.36 bits per heavy atom. The first-order chi connectivity index (χ1) is 6.37. The van der Waals surface area contributed by atoms with Crippen molar-refractivity contribution in [2.45, 2.75) is 37.9 Å². The predicted octanol–water partition coefficient (Wildman–Crippen LogP) is 0.870. The van der Waals surface area contributed by atoms with Gasteiger partial charge in [0, 0.05) is 13.2 Å². The largest absolute Gasteiger partial charge is 0.381 e. The molecule has 0 spiro atoms. The number of hydrogen-bond donors (Lipinski definition) is 1. The Bertz CT molecular complexity index is 278. The topological polar surface area (TPSA) is 69.4 Å². The van der Waals surface area contributed by atoms with E-state index in [1.165, 1.54) is 0 Å². The average Bonchev–Trinajstić information content (AvgIpc) is 2.02. The number of hydrogen-bond acceptors (Lipinski definition) is 3. The fourth-order valence-electron chi connectivity index (χ4n) is 2.09. The van der Waals surface area contributed by atoms with Gasteiger partial charge in [-0.3, -0.25) is 0 Å². The second kappa shape index (κ2) is 4.16. The van der Waals surface area contributed by atoms with Crippen molar-refractivity contribution in [3.8, 4) is 0 Å². The maximum absolute atomic E-state index is 11.6. The Balaban J connectivity index is 2.89. The van der Waals surface area contributed by atoms with Crippen molar-refractivity contribution < 1.29 is 13.2 Å². The van der Waals surface area contributed by atoms with Crippen LogP contribution in [0.2, 0.25) is 0 Å². The van der Waals surface area contributed by atoms with Gasteiger partial charge >= 0.3 is 0 Å². The average molecular weight is 221 g/mol. The summed E-state index contributed by atoms with van der Waals surface area (Å²) in [6.07, 6.45) is 1.70. The number of nitrogens with two attached hydrogens (primary N) is 1. The molecule has 0 radical (unpaired) electrons. The highest BCUT2D eigenvalue weighted by Crippen LogP contribution is 2.34. The van der Waals surface area contributed by atoms with E-state index < -0.39 is 14.8 Å². The highest BCUT2D eigenvalue weighted by molar-refractivity contribution is 7.90. The number of ether oxygens (including phenoxy) is 1. The minimum Gasteiger partial charge on any atom is -0.381 e. The molecular formula is C9H19NO3S. The van der Waals surface area contributed by atoms with E-state index in [9.17, 15) is 8.42 Å². The third kappa shape index (κ3) is 2.46. The van der Waals surface area contributed by atoms with E-state index in [4.69, 9.17) is 9.88 Å². The maximum Gasteiger partial charge on any atom is 0.215 e. The van der Waals surface area contributed by atoms with Crippen molar-refractivity contribution in [2.24, 2.45) is 11.1 Å². The zero-order chi connectivity index (χ0) is 10.8. The minimum absolute atomic E-state index is 0.339. The van der Waals surface area contributed by atoms with Crippen LogP contribution in [0.4, 0.5) is 0 Å². The summed E-state index contributed by atoms with van der Waals surface area (Å²) < 4.78 is 27.6. The van der Waals surface area contributed by atoms with Crippen LogP contribution in [0.3, 0.4) is 0 Å². The van der Waals surface area contributed by atoms with Crippen LogP contribution in [-0.4, -0.2) is 26.4 Å². The molecule has 0 atom stereocenters. The van der Waals surface area contributed by atoms with Crippen molar-refractivity contribution in [1.82, 2.24) is 0 Å². The molecule has 1 saturated heterocycles. The summed E-state index contributed by atoms with van der Waals surface area (Å²) in [4.78, 5) is 0. The number of primary sulfonamides is 1. The van der Waals surface area contributed by atoms with Crippen molar-refractivity contribution in [2.75, 3.05) is 13.2 Å². The van der Waals surface area contributed by atoms with Gasteiger partial charge in [-0.25, -0.2) is 13.6 Å². The third-order valence-electron chi connectivity index (χ3n) is 2.79. The molecule has 0 amide bonds. The molecule has 84 valence electrons. The van der Waals surface area contributed by atoms with Gasteiger partial charge in [-0.2, -0.15) is 0 Å². The molecule has 0 aromatic rings. The summed E-state index contributed by atoms with van der Waals surface area (Å²) in [5.74, 6) is 0.339. The normalized spacial score (nSPS) is 22.6. The van der Waals surface area contributed by atoms with Gasteiger partial charge < -0.3 is 4.74 Å². The van der Waals surface area contributed by atoms with Crippen LogP contribution < -0.4 is 5.14 Å². The molecule has 0 aromatic heterocycles. The van der Waals surface area contributed by atoms with E-state index in [0.717, 1.165) is 0 Å². The molecule has 4 nitrogen and oxygen atoms in total. The molecule has 1 heterocycles. The van der Waals surface area contributed by atoms with E-state index in [2.05, 4.69) is 0 Å². The molecule has 1 aliphatic heterocycles. The van der Waals surface area contributed by atoms with E-state index in [1.807, 2.05) is 13.8 Å². The van der Waals surface area contributed by atoms with Gasteiger partial charge in [0.25, 0.3) is 0 Å². The number of rotatable bonds is 3. The smallest absolute Gasteiger partial charge is 0.215 e. The zero-order valence-electron chi connectivity index (χ0n) is 8.82. The lowest BCUT2D eigenvalue weighted by molar-refractivity contribution is 0.0690. The molecule has 1 fully saturated rings. The van der Waals surface area contributed by atoms with Crippen LogP contribution in [0, 0.1) is 5.92 Å². The summed E-state index contributed by atoms with van der Waals surface area (Å²) in [5, 5.41) is 5.31. The van der Waals surface area contributed by atoms with Crippen LogP contribution in [0.1, 0.15) is 33.1 Å². The van der Waals surface area contributed by atoms with Crippen LogP contribution in [-0.2, 0) is 14.8 Å². The molecule has 0 saturated carbocycles.